The van der Waals surface area contributed by atoms with Crippen molar-refractivity contribution in [3.8, 4) is 0 Å². The normalized spacial score (nSPS) is 26.9. The summed E-state index contributed by atoms with van der Waals surface area (Å²) in [6.07, 6.45) is 6.71. The van der Waals surface area contributed by atoms with Crippen LogP contribution in [0.1, 0.15) is 32.6 Å². The molecule has 0 spiro atoms. The van der Waals surface area contributed by atoms with Crippen molar-refractivity contribution < 1.29 is 0 Å². The van der Waals surface area contributed by atoms with E-state index in [9.17, 15) is 4.79 Å². The summed E-state index contributed by atoms with van der Waals surface area (Å²) in [5, 5.41) is 0. The molecule has 4 nitrogen and oxygen atoms in total. The first-order valence-corrected chi connectivity index (χ1v) is 7.64. The molecule has 1 aromatic heterocycles. The number of rotatable bonds is 5. The average molecular weight is 277 g/mol. The van der Waals surface area contributed by atoms with Crippen LogP contribution >= 0.6 is 0 Å². The van der Waals surface area contributed by atoms with Gasteiger partial charge in [0.1, 0.15) is 0 Å². The molecule has 1 aromatic rings. The van der Waals surface area contributed by atoms with E-state index in [2.05, 4.69) is 18.9 Å². The Labute approximate surface area is 121 Å². The molecule has 0 bridgehead atoms. The maximum atomic E-state index is 11.7. The van der Waals surface area contributed by atoms with Crippen molar-refractivity contribution in [3.05, 3.63) is 34.7 Å². The lowest BCUT2D eigenvalue weighted by molar-refractivity contribution is 0.0648. The molecule has 0 saturated heterocycles. The van der Waals surface area contributed by atoms with Crippen LogP contribution in [0, 0.1) is 5.92 Å². The van der Waals surface area contributed by atoms with Gasteiger partial charge in [0.2, 0.25) is 0 Å². The maximum absolute atomic E-state index is 11.7. The topological polar surface area (TPSA) is 51.3 Å². The monoisotopic (exact) mass is 277 g/mol. The summed E-state index contributed by atoms with van der Waals surface area (Å²) in [4.78, 5) is 14.1. The molecule has 0 amide bonds. The molecular weight excluding hydrogens is 250 g/mol. The SMILES string of the molecule is CC1CCC(CN)(N(C)CCn2ccccc2=O)CC1. The standard InChI is InChI=1S/C16H27N3O/c1-14-6-8-16(13-17,9-7-14)18(2)11-12-19-10-4-3-5-15(19)20/h3-5,10,14H,6-9,11-13,17H2,1-2H3. The van der Waals surface area contributed by atoms with Crippen molar-refractivity contribution in [1.29, 1.82) is 0 Å². The fraction of sp³-hybridized carbons (Fsp3) is 0.688. The van der Waals surface area contributed by atoms with Gasteiger partial charge in [-0.1, -0.05) is 13.0 Å². The zero-order valence-electron chi connectivity index (χ0n) is 12.7. The van der Waals surface area contributed by atoms with Gasteiger partial charge in [0.05, 0.1) is 0 Å². The van der Waals surface area contributed by atoms with Gasteiger partial charge in [-0.05, 0) is 44.7 Å². The summed E-state index contributed by atoms with van der Waals surface area (Å²) in [7, 11) is 2.15. The zero-order valence-corrected chi connectivity index (χ0v) is 12.7. The fourth-order valence-corrected chi connectivity index (χ4v) is 3.18. The summed E-state index contributed by atoms with van der Waals surface area (Å²) < 4.78 is 1.77. The summed E-state index contributed by atoms with van der Waals surface area (Å²) in [6.45, 7) is 4.63. The number of aromatic nitrogens is 1. The van der Waals surface area contributed by atoms with Crippen molar-refractivity contribution in [3.63, 3.8) is 0 Å². The van der Waals surface area contributed by atoms with Gasteiger partial charge in [0.15, 0.2) is 0 Å². The predicted octanol–water partition coefficient (Wildman–Crippen LogP) is 1.69. The van der Waals surface area contributed by atoms with Crippen LogP contribution in [0.15, 0.2) is 29.2 Å². The molecule has 1 aliphatic carbocycles. The minimum Gasteiger partial charge on any atom is -0.329 e. The molecule has 1 fully saturated rings. The van der Waals surface area contributed by atoms with Gasteiger partial charge in [-0.25, -0.2) is 0 Å². The number of hydrogen-bond donors (Lipinski definition) is 1. The highest BCUT2D eigenvalue weighted by Gasteiger charge is 2.36. The second-order valence-electron chi connectivity index (χ2n) is 6.26. The molecule has 0 aliphatic heterocycles. The van der Waals surface area contributed by atoms with Crippen LogP contribution in [0.25, 0.3) is 0 Å². The molecule has 2 N–H and O–H groups in total. The van der Waals surface area contributed by atoms with Crippen LogP contribution in [-0.2, 0) is 6.54 Å². The molecular formula is C16H27N3O. The van der Waals surface area contributed by atoms with Crippen LogP contribution in [0.4, 0.5) is 0 Å². The molecule has 4 heteroatoms. The van der Waals surface area contributed by atoms with Crippen LogP contribution in [0.5, 0.6) is 0 Å². The van der Waals surface area contributed by atoms with Crippen LogP contribution < -0.4 is 11.3 Å². The summed E-state index contributed by atoms with van der Waals surface area (Å²) >= 11 is 0. The van der Waals surface area contributed by atoms with E-state index in [0.717, 1.165) is 19.0 Å². The lowest BCUT2D eigenvalue weighted by atomic mass is 9.76. The second-order valence-corrected chi connectivity index (χ2v) is 6.26. The zero-order chi connectivity index (χ0) is 14.6. The van der Waals surface area contributed by atoms with Crippen molar-refractivity contribution in [2.45, 2.75) is 44.7 Å². The van der Waals surface area contributed by atoms with E-state index >= 15 is 0 Å². The lowest BCUT2D eigenvalue weighted by Gasteiger charge is -2.45. The number of nitrogens with two attached hydrogens (primary N) is 1. The largest absolute Gasteiger partial charge is 0.329 e. The predicted molar refractivity (Wildman–Crippen MR) is 82.7 cm³/mol. The van der Waals surface area contributed by atoms with E-state index in [1.165, 1.54) is 25.7 Å². The number of pyridine rings is 1. The summed E-state index contributed by atoms with van der Waals surface area (Å²) in [5.74, 6) is 0.819. The highest BCUT2D eigenvalue weighted by atomic mass is 16.1. The smallest absolute Gasteiger partial charge is 0.250 e. The molecule has 20 heavy (non-hydrogen) atoms. The first-order valence-electron chi connectivity index (χ1n) is 7.64. The van der Waals surface area contributed by atoms with Crippen LogP contribution in [0.2, 0.25) is 0 Å². The highest BCUT2D eigenvalue weighted by Crippen LogP contribution is 2.34. The molecule has 112 valence electrons. The summed E-state index contributed by atoms with van der Waals surface area (Å²) in [6, 6.07) is 5.30. The van der Waals surface area contributed by atoms with Gasteiger partial charge in [0, 0.05) is 37.4 Å². The molecule has 2 rings (SSSR count). The van der Waals surface area contributed by atoms with E-state index in [0.29, 0.717) is 6.54 Å². The third-order valence-corrected chi connectivity index (χ3v) is 4.97. The lowest BCUT2D eigenvalue weighted by Crippen LogP contribution is -2.54. The van der Waals surface area contributed by atoms with E-state index in [1.54, 1.807) is 16.7 Å². The summed E-state index contributed by atoms with van der Waals surface area (Å²) in [5.41, 5.74) is 6.27. The Kier molecular flexibility index (Phi) is 5.00. The second kappa shape index (κ2) is 6.55. The van der Waals surface area contributed by atoms with Crippen LogP contribution in [0.3, 0.4) is 0 Å². The minimum atomic E-state index is 0.0694. The van der Waals surface area contributed by atoms with Crippen molar-refractivity contribution in [2.75, 3.05) is 20.1 Å². The van der Waals surface area contributed by atoms with Gasteiger partial charge in [-0.15, -0.1) is 0 Å². The number of hydrogen-bond acceptors (Lipinski definition) is 3. The number of likely N-dealkylation sites (N-methyl/N-ethyl adjacent to an activating group) is 1. The quantitative estimate of drug-likeness (QED) is 0.891. The van der Waals surface area contributed by atoms with E-state index in [-0.39, 0.29) is 11.1 Å². The van der Waals surface area contributed by atoms with Crippen molar-refractivity contribution in [1.82, 2.24) is 9.47 Å². The Morgan fingerprint density at radius 1 is 1.40 bits per heavy atom. The molecule has 0 unspecified atom stereocenters. The Balaban J connectivity index is 1.98. The minimum absolute atomic E-state index is 0.0694. The highest BCUT2D eigenvalue weighted by molar-refractivity contribution is 4.96. The molecule has 1 saturated carbocycles. The van der Waals surface area contributed by atoms with Crippen LogP contribution in [-0.4, -0.2) is 35.1 Å². The van der Waals surface area contributed by atoms with Gasteiger partial charge in [-0.3, -0.25) is 9.69 Å². The van der Waals surface area contributed by atoms with E-state index in [4.69, 9.17) is 5.73 Å². The molecule has 0 atom stereocenters. The van der Waals surface area contributed by atoms with E-state index in [1.807, 2.05) is 12.3 Å². The van der Waals surface area contributed by atoms with Gasteiger partial charge in [0.25, 0.3) is 5.56 Å². The molecule has 0 aromatic carbocycles. The van der Waals surface area contributed by atoms with Gasteiger partial charge < -0.3 is 10.3 Å². The van der Waals surface area contributed by atoms with Gasteiger partial charge in [-0.2, -0.15) is 0 Å². The molecule has 1 aliphatic rings. The Bertz CT molecular complexity index is 475. The Morgan fingerprint density at radius 3 is 2.70 bits per heavy atom. The molecule has 1 heterocycles. The molecule has 0 radical (unpaired) electrons. The Hall–Kier alpha value is -1.13. The first-order chi connectivity index (χ1) is 9.57. The third-order valence-electron chi connectivity index (χ3n) is 4.97. The number of nitrogens with zero attached hydrogens (tertiary/aromatic N) is 2. The van der Waals surface area contributed by atoms with Gasteiger partial charge >= 0.3 is 0 Å². The maximum Gasteiger partial charge on any atom is 0.250 e. The Morgan fingerprint density at radius 2 is 2.10 bits per heavy atom. The first kappa shape index (κ1) is 15.3. The fourth-order valence-electron chi connectivity index (χ4n) is 3.18. The third kappa shape index (κ3) is 3.30. The van der Waals surface area contributed by atoms with Crippen molar-refractivity contribution >= 4 is 0 Å². The van der Waals surface area contributed by atoms with E-state index < -0.39 is 0 Å². The van der Waals surface area contributed by atoms with Crippen molar-refractivity contribution in [2.24, 2.45) is 11.7 Å². The average Bonchev–Trinajstić information content (AvgIpc) is 2.47.